The lowest BCUT2D eigenvalue weighted by Gasteiger charge is -2.44. The molecular weight excluding hydrogens is 458 g/mol. The number of anilines is 3. The van der Waals surface area contributed by atoms with Crippen LogP contribution in [0.3, 0.4) is 0 Å². The Balaban J connectivity index is 1.69. The summed E-state index contributed by atoms with van der Waals surface area (Å²) in [5, 5.41) is 2.11. The van der Waals surface area contributed by atoms with E-state index in [9.17, 15) is 4.11 Å². The molecule has 0 fully saturated rings. The Morgan fingerprint density at radius 2 is 1.13 bits per heavy atom. The molecule has 0 unspecified atom stereocenters. The van der Waals surface area contributed by atoms with Crippen molar-refractivity contribution < 1.29 is 4.11 Å². The molecule has 0 aromatic heterocycles. The van der Waals surface area contributed by atoms with E-state index in [4.69, 9.17) is 0 Å². The molecule has 0 amide bonds. The molecule has 1 aliphatic rings. The van der Waals surface area contributed by atoms with E-state index in [1.807, 2.05) is 42.5 Å². The summed E-state index contributed by atoms with van der Waals surface area (Å²) >= 11 is 0. The fourth-order valence-electron chi connectivity index (χ4n) is 6.10. The Hall–Kier alpha value is -3.84. The van der Waals surface area contributed by atoms with E-state index >= 15 is 0 Å². The second-order valence-electron chi connectivity index (χ2n) is 12.1. The van der Waals surface area contributed by atoms with Crippen LogP contribution in [0.4, 0.5) is 17.1 Å². The van der Waals surface area contributed by atoms with Gasteiger partial charge in [-0.3, -0.25) is 0 Å². The summed E-state index contributed by atoms with van der Waals surface area (Å²) in [6.07, 6.45) is 0. The van der Waals surface area contributed by atoms with Gasteiger partial charge in [-0.2, -0.15) is 0 Å². The maximum absolute atomic E-state index is 9.61. The van der Waals surface area contributed by atoms with Crippen LogP contribution in [0.2, 0.25) is 0 Å². The number of fused-ring (bicyclic) bond motifs is 2. The van der Waals surface area contributed by atoms with Gasteiger partial charge in [0.05, 0.1) is 9.80 Å². The zero-order valence-electron chi connectivity index (χ0n) is 26.2. The van der Waals surface area contributed by atoms with Gasteiger partial charge in [0.15, 0.2) is 0 Å². The number of hydrogen-bond acceptors (Lipinski definition) is 1. The van der Waals surface area contributed by atoms with Gasteiger partial charge in [0, 0.05) is 16.8 Å². The first kappa shape index (κ1) is 21.1. The third kappa shape index (κ3) is 3.52. The van der Waals surface area contributed by atoms with Gasteiger partial charge in [0.25, 0.3) is 0 Å². The lowest BCUT2D eigenvalue weighted by Crippen LogP contribution is -2.42. The fourth-order valence-corrected chi connectivity index (χ4v) is 6.10. The highest BCUT2D eigenvalue weighted by molar-refractivity contribution is 6.02. The predicted molar refractivity (Wildman–Crippen MR) is 164 cm³/mol. The Morgan fingerprint density at radius 1 is 0.579 bits per heavy atom. The summed E-state index contributed by atoms with van der Waals surface area (Å²) in [4.78, 5) is 2.24. The molecule has 1 heteroatoms. The van der Waals surface area contributed by atoms with Crippen molar-refractivity contribution in [1.29, 1.82) is 0 Å². The lowest BCUT2D eigenvalue weighted by atomic mass is 9.59. The molecule has 0 atom stereocenters. The normalized spacial score (nSPS) is 17.9. The minimum absolute atomic E-state index is 0.127. The summed E-state index contributed by atoms with van der Waals surface area (Å²) in [5.74, 6) is 0. The van der Waals surface area contributed by atoms with E-state index in [0.29, 0.717) is 11.6 Å². The standard InChI is InChI=1S/C37H37N/c1-35(2)32-22-21-26(24-33(32)36(3,4)37(35,5)6)28-23-27-15-13-14-20-31(27)34(25-28)38(29-16-9-7-10-17-29)30-18-11-8-12-19-30/h7-25H,1-6H3/i21D,22D,24D. The molecule has 0 saturated heterocycles. The second-order valence-corrected chi connectivity index (χ2v) is 12.1. The van der Waals surface area contributed by atoms with Crippen molar-refractivity contribution >= 4 is 27.8 Å². The van der Waals surface area contributed by atoms with E-state index in [-0.39, 0.29) is 28.3 Å². The first-order chi connectivity index (χ1) is 19.4. The summed E-state index contributed by atoms with van der Waals surface area (Å²) in [6.45, 7) is 13.2. The Labute approximate surface area is 232 Å². The molecule has 0 spiro atoms. The highest BCUT2D eigenvalue weighted by Gasteiger charge is 2.56. The van der Waals surface area contributed by atoms with Gasteiger partial charge in [-0.25, -0.2) is 0 Å². The van der Waals surface area contributed by atoms with Crippen molar-refractivity contribution in [2.45, 2.75) is 52.4 Å². The average molecular weight is 499 g/mol. The molecule has 190 valence electrons. The quantitative estimate of drug-likeness (QED) is 0.238. The van der Waals surface area contributed by atoms with Crippen LogP contribution in [-0.2, 0) is 10.8 Å². The molecule has 0 bridgehead atoms. The zero-order chi connectivity index (χ0) is 29.3. The van der Waals surface area contributed by atoms with Crippen molar-refractivity contribution in [3.63, 3.8) is 0 Å². The lowest BCUT2D eigenvalue weighted by molar-refractivity contribution is 0.125. The molecule has 5 aromatic carbocycles. The number of para-hydroxylation sites is 2. The molecule has 0 heterocycles. The van der Waals surface area contributed by atoms with Crippen LogP contribution < -0.4 is 4.90 Å². The first-order valence-electron chi connectivity index (χ1n) is 15.0. The number of nitrogens with zero attached hydrogens (tertiary/aromatic N) is 1. The molecule has 6 rings (SSSR count). The molecular formula is C37H37N. The van der Waals surface area contributed by atoms with Gasteiger partial charge < -0.3 is 4.90 Å². The van der Waals surface area contributed by atoms with Gasteiger partial charge in [-0.1, -0.05) is 120 Å². The van der Waals surface area contributed by atoms with Crippen molar-refractivity contribution in [1.82, 2.24) is 0 Å². The average Bonchev–Trinajstić information content (AvgIpc) is 3.06. The van der Waals surface area contributed by atoms with Crippen LogP contribution in [0.1, 0.15) is 56.8 Å². The largest absolute Gasteiger partial charge is 0.310 e. The van der Waals surface area contributed by atoms with Crippen LogP contribution in [-0.4, -0.2) is 0 Å². The fraction of sp³-hybridized carbons (Fsp3) is 0.243. The monoisotopic (exact) mass is 498 g/mol. The van der Waals surface area contributed by atoms with Crippen molar-refractivity contribution in [2.75, 3.05) is 4.90 Å². The van der Waals surface area contributed by atoms with Crippen molar-refractivity contribution in [3.05, 3.63) is 126 Å². The van der Waals surface area contributed by atoms with E-state index in [1.54, 1.807) is 0 Å². The van der Waals surface area contributed by atoms with E-state index < -0.39 is 0 Å². The Kier molecular flexibility index (Phi) is 4.78. The molecule has 0 saturated carbocycles. The van der Waals surface area contributed by atoms with Crippen LogP contribution in [0, 0.1) is 5.41 Å². The zero-order valence-corrected chi connectivity index (χ0v) is 23.2. The molecule has 0 N–H and O–H groups in total. The molecule has 5 aromatic rings. The molecule has 38 heavy (non-hydrogen) atoms. The predicted octanol–water partition coefficient (Wildman–Crippen LogP) is 10.6. The number of hydrogen-bond donors (Lipinski definition) is 0. The van der Waals surface area contributed by atoms with Crippen molar-refractivity contribution in [2.24, 2.45) is 5.41 Å². The highest BCUT2D eigenvalue weighted by atomic mass is 15.1. The van der Waals surface area contributed by atoms with E-state index in [0.717, 1.165) is 44.5 Å². The molecule has 1 aliphatic carbocycles. The Bertz CT molecular complexity index is 1750. The van der Waals surface area contributed by atoms with Gasteiger partial charge in [0.1, 0.15) is 0 Å². The molecule has 0 radical (unpaired) electrons. The minimum atomic E-state index is -0.348. The summed E-state index contributed by atoms with van der Waals surface area (Å²) in [6, 6.07) is 33.8. The summed E-state index contributed by atoms with van der Waals surface area (Å²) in [5.41, 5.74) is 5.20. The van der Waals surface area contributed by atoms with Crippen LogP contribution in [0.5, 0.6) is 0 Å². The third-order valence-corrected chi connectivity index (χ3v) is 9.59. The van der Waals surface area contributed by atoms with E-state index in [1.165, 1.54) is 0 Å². The van der Waals surface area contributed by atoms with Gasteiger partial charge in [0.2, 0.25) is 0 Å². The van der Waals surface area contributed by atoms with Crippen LogP contribution in [0.25, 0.3) is 21.9 Å². The minimum Gasteiger partial charge on any atom is -0.310 e. The van der Waals surface area contributed by atoms with Crippen molar-refractivity contribution in [3.8, 4) is 11.1 Å². The SMILES string of the molecule is [2H]c1c([2H])c2c(c([2H])c1-c1cc(N(c3ccccc3)c3ccccc3)c3ccccc3c1)C(C)(C)C(C)(C)C2(C)C. The molecule has 0 aliphatic heterocycles. The van der Waals surface area contributed by atoms with Gasteiger partial charge in [-0.15, -0.1) is 0 Å². The second kappa shape index (κ2) is 8.60. The van der Waals surface area contributed by atoms with Crippen LogP contribution >= 0.6 is 0 Å². The third-order valence-electron chi connectivity index (χ3n) is 9.59. The number of rotatable bonds is 4. The van der Waals surface area contributed by atoms with Crippen LogP contribution in [0.15, 0.2) is 115 Å². The van der Waals surface area contributed by atoms with E-state index in [2.05, 4.69) is 101 Å². The maximum Gasteiger partial charge on any atom is 0.0632 e. The summed E-state index contributed by atoms with van der Waals surface area (Å²) < 4.78 is 28.1. The maximum atomic E-state index is 9.61. The smallest absolute Gasteiger partial charge is 0.0632 e. The summed E-state index contributed by atoms with van der Waals surface area (Å²) in [7, 11) is 0. The first-order valence-corrected chi connectivity index (χ1v) is 13.5. The topological polar surface area (TPSA) is 3.24 Å². The highest BCUT2D eigenvalue weighted by Crippen LogP contribution is 2.61. The Morgan fingerprint density at radius 3 is 1.76 bits per heavy atom. The van der Waals surface area contributed by atoms with Gasteiger partial charge >= 0.3 is 0 Å². The van der Waals surface area contributed by atoms with Gasteiger partial charge in [-0.05, 0) is 80.3 Å². The molecule has 1 nitrogen and oxygen atoms in total. The number of benzene rings is 5.